The number of benzene rings is 1. The third-order valence-corrected chi connectivity index (χ3v) is 2.20. The maximum Gasteiger partial charge on any atom is 0.389 e. The first-order valence-electron chi connectivity index (χ1n) is 5.32. The average molecular weight is 205 g/mol. The Morgan fingerprint density at radius 3 is 3.13 bits per heavy atom. The molecule has 0 N–H and O–H groups in total. The van der Waals surface area contributed by atoms with Crippen LogP contribution < -0.4 is 4.74 Å². The van der Waals surface area contributed by atoms with Gasteiger partial charge in [0.25, 0.3) is 0 Å². The number of nitrogens with zero attached hydrogens (tertiary/aromatic N) is 1. The second kappa shape index (κ2) is 4.82. The predicted octanol–water partition coefficient (Wildman–Crippen LogP) is 2.40. The molecule has 0 aliphatic carbocycles. The monoisotopic (exact) mass is 205 g/mol. The van der Waals surface area contributed by atoms with Gasteiger partial charge in [-0.25, -0.2) is 4.99 Å². The molecule has 1 aliphatic heterocycles. The maximum atomic E-state index is 5.49. The van der Waals surface area contributed by atoms with Gasteiger partial charge >= 0.3 is 6.08 Å². The van der Waals surface area contributed by atoms with Crippen molar-refractivity contribution in [1.29, 1.82) is 0 Å². The summed E-state index contributed by atoms with van der Waals surface area (Å²) >= 11 is 0. The molecule has 0 saturated carbocycles. The van der Waals surface area contributed by atoms with E-state index in [1.807, 2.05) is 18.2 Å². The summed E-state index contributed by atoms with van der Waals surface area (Å²) in [5.74, 6) is 0.807. The van der Waals surface area contributed by atoms with Crippen molar-refractivity contribution < 1.29 is 9.47 Å². The van der Waals surface area contributed by atoms with Crippen molar-refractivity contribution in [2.45, 2.75) is 19.8 Å². The first-order valence-corrected chi connectivity index (χ1v) is 5.32. The SMILES string of the molecule is CCCc1cccc(OC2=NCCO2)c1. The molecule has 0 radical (unpaired) electrons. The Balaban J connectivity index is 2.04. The summed E-state index contributed by atoms with van der Waals surface area (Å²) in [6.45, 7) is 3.49. The van der Waals surface area contributed by atoms with E-state index in [1.165, 1.54) is 5.56 Å². The zero-order valence-corrected chi connectivity index (χ0v) is 8.90. The Morgan fingerprint density at radius 1 is 1.47 bits per heavy atom. The molecule has 3 nitrogen and oxygen atoms in total. The summed E-state index contributed by atoms with van der Waals surface area (Å²) in [6, 6.07) is 8.06. The lowest BCUT2D eigenvalue weighted by molar-refractivity contribution is 0.274. The van der Waals surface area contributed by atoms with E-state index in [4.69, 9.17) is 9.47 Å². The Kier molecular flexibility index (Phi) is 3.22. The highest BCUT2D eigenvalue weighted by Crippen LogP contribution is 2.15. The summed E-state index contributed by atoms with van der Waals surface area (Å²) in [5.41, 5.74) is 1.29. The fourth-order valence-electron chi connectivity index (χ4n) is 1.53. The van der Waals surface area contributed by atoms with Crippen LogP contribution in [0.4, 0.5) is 0 Å². The van der Waals surface area contributed by atoms with Gasteiger partial charge in [0.1, 0.15) is 12.4 Å². The molecule has 0 aromatic heterocycles. The van der Waals surface area contributed by atoms with Crippen molar-refractivity contribution in [2.24, 2.45) is 4.99 Å². The zero-order valence-electron chi connectivity index (χ0n) is 8.90. The summed E-state index contributed by atoms with van der Waals surface area (Å²) in [5, 5.41) is 0. The highest BCUT2D eigenvalue weighted by molar-refractivity contribution is 5.71. The number of rotatable bonds is 3. The van der Waals surface area contributed by atoms with Crippen LogP contribution in [0.3, 0.4) is 0 Å². The normalized spacial score (nSPS) is 14.6. The van der Waals surface area contributed by atoms with Gasteiger partial charge in [-0.3, -0.25) is 0 Å². The summed E-state index contributed by atoms with van der Waals surface area (Å²) in [4.78, 5) is 4.08. The van der Waals surface area contributed by atoms with Crippen molar-refractivity contribution in [2.75, 3.05) is 13.2 Å². The van der Waals surface area contributed by atoms with Crippen molar-refractivity contribution in [1.82, 2.24) is 0 Å². The minimum Gasteiger partial charge on any atom is -0.448 e. The van der Waals surface area contributed by atoms with Crippen molar-refractivity contribution in [3.05, 3.63) is 29.8 Å². The molecule has 2 rings (SSSR count). The van der Waals surface area contributed by atoms with Crippen LogP contribution in [0.15, 0.2) is 29.3 Å². The number of ether oxygens (including phenoxy) is 2. The number of aryl methyl sites for hydroxylation is 1. The topological polar surface area (TPSA) is 30.8 Å². The third kappa shape index (κ3) is 2.72. The molecule has 0 amide bonds. The molecule has 0 unspecified atom stereocenters. The van der Waals surface area contributed by atoms with Crippen LogP contribution in [0, 0.1) is 0 Å². The summed E-state index contributed by atoms with van der Waals surface area (Å²) < 4.78 is 10.7. The summed E-state index contributed by atoms with van der Waals surface area (Å²) in [7, 11) is 0. The molecule has 15 heavy (non-hydrogen) atoms. The van der Waals surface area contributed by atoms with Crippen LogP contribution in [0.25, 0.3) is 0 Å². The molecule has 0 spiro atoms. The smallest absolute Gasteiger partial charge is 0.389 e. The van der Waals surface area contributed by atoms with E-state index < -0.39 is 0 Å². The van der Waals surface area contributed by atoms with Crippen LogP contribution in [-0.2, 0) is 11.2 Å². The Labute approximate surface area is 89.7 Å². The highest BCUT2D eigenvalue weighted by Gasteiger charge is 2.09. The van der Waals surface area contributed by atoms with Gasteiger partial charge in [0.2, 0.25) is 0 Å². The molecule has 80 valence electrons. The average Bonchev–Trinajstić information content (AvgIpc) is 2.71. The highest BCUT2D eigenvalue weighted by atomic mass is 16.7. The van der Waals surface area contributed by atoms with Gasteiger partial charge < -0.3 is 9.47 Å². The van der Waals surface area contributed by atoms with Gasteiger partial charge in [0.15, 0.2) is 0 Å². The van der Waals surface area contributed by atoms with Gasteiger partial charge in [-0.2, -0.15) is 0 Å². The van der Waals surface area contributed by atoms with E-state index in [0.29, 0.717) is 19.2 Å². The van der Waals surface area contributed by atoms with Crippen LogP contribution in [0.2, 0.25) is 0 Å². The molecular weight excluding hydrogens is 190 g/mol. The molecule has 1 aliphatic rings. The molecule has 0 fully saturated rings. The lowest BCUT2D eigenvalue weighted by Crippen LogP contribution is -2.08. The van der Waals surface area contributed by atoms with Gasteiger partial charge in [-0.05, 0) is 24.1 Å². The number of hydrogen-bond acceptors (Lipinski definition) is 3. The maximum absolute atomic E-state index is 5.49. The Bertz CT molecular complexity index is 360. The van der Waals surface area contributed by atoms with E-state index in [-0.39, 0.29) is 0 Å². The van der Waals surface area contributed by atoms with Crippen LogP contribution in [-0.4, -0.2) is 19.2 Å². The zero-order chi connectivity index (χ0) is 10.5. The second-order valence-corrected chi connectivity index (χ2v) is 3.50. The second-order valence-electron chi connectivity index (χ2n) is 3.50. The minimum atomic E-state index is 0.392. The lowest BCUT2D eigenvalue weighted by atomic mass is 10.1. The quantitative estimate of drug-likeness (QED) is 0.758. The van der Waals surface area contributed by atoms with E-state index in [9.17, 15) is 0 Å². The third-order valence-electron chi connectivity index (χ3n) is 2.20. The van der Waals surface area contributed by atoms with Crippen LogP contribution >= 0.6 is 0 Å². The summed E-state index contributed by atoms with van der Waals surface area (Å²) in [6.07, 6.45) is 2.61. The fourth-order valence-corrected chi connectivity index (χ4v) is 1.53. The van der Waals surface area contributed by atoms with Crippen LogP contribution in [0.1, 0.15) is 18.9 Å². The molecule has 0 saturated heterocycles. The van der Waals surface area contributed by atoms with Crippen molar-refractivity contribution >= 4 is 6.08 Å². The number of aliphatic imine (C=N–C) groups is 1. The first kappa shape index (κ1) is 10.0. The lowest BCUT2D eigenvalue weighted by Gasteiger charge is -2.05. The standard InChI is InChI=1S/C12H15NO2/c1-2-4-10-5-3-6-11(9-10)15-12-13-7-8-14-12/h3,5-6,9H,2,4,7-8H2,1H3. The molecule has 1 aromatic rings. The van der Waals surface area contributed by atoms with E-state index in [0.717, 1.165) is 18.6 Å². The predicted molar refractivity (Wildman–Crippen MR) is 59.3 cm³/mol. The molecule has 1 heterocycles. The van der Waals surface area contributed by atoms with Gasteiger partial charge in [0, 0.05) is 0 Å². The van der Waals surface area contributed by atoms with Gasteiger partial charge in [-0.15, -0.1) is 0 Å². The van der Waals surface area contributed by atoms with E-state index in [1.54, 1.807) is 0 Å². The molecule has 1 aromatic carbocycles. The van der Waals surface area contributed by atoms with Gasteiger partial charge in [0.05, 0.1) is 6.54 Å². The molecule has 0 bridgehead atoms. The number of hydrogen-bond donors (Lipinski definition) is 0. The first-order chi connectivity index (χ1) is 7.38. The van der Waals surface area contributed by atoms with Gasteiger partial charge in [-0.1, -0.05) is 25.5 Å². The van der Waals surface area contributed by atoms with Crippen molar-refractivity contribution in [3.63, 3.8) is 0 Å². The molecule has 3 heteroatoms. The van der Waals surface area contributed by atoms with E-state index in [2.05, 4.69) is 18.0 Å². The fraction of sp³-hybridized carbons (Fsp3) is 0.417. The largest absolute Gasteiger partial charge is 0.448 e. The Morgan fingerprint density at radius 2 is 2.40 bits per heavy atom. The van der Waals surface area contributed by atoms with Crippen molar-refractivity contribution in [3.8, 4) is 5.75 Å². The molecular formula is C12H15NO2. The van der Waals surface area contributed by atoms with Crippen LogP contribution in [0.5, 0.6) is 5.75 Å². The minimum absolute atomic E-state index is 0.392. The molecule has 0 atom stereocenters. The van der Waals surface area contributed by atoms with E-state index >= 15 is 0 Å². The Hall–Kier alpha value is -1.51.